The summed E-state index contributed by atoms with van der Waals surface area (Å²) in [5, 5.41) is 5.60. The van der Waals surface area contributed by atoms with Crippen LogP contribution in [0.25, 0.3) is 16.0 Å². The van der Waals surface area contributed by atoms with Crippen molar-refractivity contribution < 1.29 is 9.18 Å². The van der Waals surface area contributed by atoms with Crippen LogP contribution in [0.5, 0.6) is 0 Å². The number of halogens is 1. The van der Waals surface area contributed by atoms with E-state index in [4.69, 9.17) is 4.98 Å². The third-order valence-corrected chi connectivity index (χ3v) is 6.81. The maximum absolute atomic E-state index is 14.0. The highest BCUT2D eigenvalue weighted by molar-refractivity contribution is 7.22. The van der Waals surface area contributed by atoms with Gasteiger partial charge in [0.05, 0.1) is 21.6 Å². The molecule has 1 saturated heterocycles. The van der Waals surface area contributed by atoms with Crippen molar-refractivity contribution in [3.05, 3.63) is 71.2 Å². The zero-order valence-electron chi connectivity index (χ0n) is 17.4. The van der Waals surface area contributed by atoms with E-state index in [1.54, 1.807) is 28.4 Å². The van der Waals surface area contributed by atoms with Crippen LogP contribution in [0, 0.1) is 19.7 Å². The Morgan fingerprint density at radius 1 is 1.00 bits per heavy atom. The number of hydrogen-bond acceptors (Lipinski definition) is 5. The number of aryl methyl sites for hydroxylation is 2. The average molecular weight is 436 g/mol. The van der Waals surface area contributed by atoms with Gasteiger partial charge in [0, 0.05) is 26.2 Å². The Balaban J connectivity index is 1.35. The highest BCUT2D eigenvalue weighted by Crippen LogP contribution is 2.33. The van der Waals surface area contributed by atoms with Crippen LogP contribution in [-0.2, 0) is 0 Å². The molecule has 0 radical (unpaired) electrons. The third-order valence-electron chi connectivity index (χ3n) is 5.60. The number of aromatic nitrogens is 3. The standard InChI is InChI=1S/C23H22FN5OS/c1-15-7-9-17(10-8-15)29-21-20(16(2)26-29)31-23(25-21)28-13-11-27(12-14-28)22(30)18-5-3-4-6-19(18)24/h3-10H,11-14H2,1-2H3. The molecule has 2 aromatic carbocycles. The van der Waals surface area contributed by atoms with Crippen LogP contribution in [0.2, 0.25) is 0 Å². The first-order chi connectivity index (χ1) is 15.0. The van der Waals surface area contributed by atoms with Crippen molar-refractivity contribution in [1.29, 1.82) is 0 Å². The second-order valence-electron chi connectivity index (χ2n) is 7.74. The Kier molecular flexibility index (Phi) is 4.94. The summed E-state index contributed by atoms with van der Waals surface area (Å²) in [5.41, 5.74) is 4.12. The Hall–Kier alpha value is -3.26. The predicted molar refractivity (Wildman–Crippen MR) is 121 cm³/mol. The van der Waals surface area contributed by atoms with Gasteiger partial charge in [0.1, 0.15) is 5.82 Å². The van der Waals surface area contributed by atoms with Crippen LogP contribution < -0.4 is 4.90 Å². The minimum Gasteiger partial charge on any atom is -0.344 e. The lowest BCUT2D eigenvalue weighted by atomic mass is 10.1. The summed E-state index contributed by atoms with van der Waals surface area (Å²) < 4.78 is 16.9. The molecule has 2 aromatic heterocycles. The molecule has 158 valence electrons. The normalized spacial score (nSPS) is 14.4. The Morgan fingerprint density at radius 2 is 1.71 bits per heavy atom. The first-order valence-electron chi connectivity index (χ1n) is 10.2. The molecule has 4 aromatic rings. The van der Waals surface area contributed by atoms with Gasteiger partial charge in [0.25, 0.3) is 5.91 Å². The van der Waals surface area contributed by atoms with E-state index in [1.165, 1.54) is 17.7 Å². The number of benzene rings is 2. The SMILES string of the molecule is Cc1ccc(-n2nc(C)c3sc(N4CCN(C(=O)c5ccccc5F)CC4)nc32)cc1. The average Bonchev–Trinajstić information content (AvgIpc) is 3.35. The van der Waals surface area contributed by atoms with E-state index in [1.807, 2.05) is 23.7 Å². The minimum absolute atomic E-state index is 0.129. The van der Waals surface area contributed by atoms with Crippen molar-refractivity contribution in [3.63, 3.8) is 0 Å². The number of thiazole rings is 1. The number of carbonyl (C=O) groups excluding carboxylic acids is 1. The van der Waals surface area contributed by atoms with Gasteiger partial charge in [-0.3, -0.25) is 4.79 Å². The van der Waals surface area contributed by atoms with Crippen LogP contribution in [0.15, 0.2) is 48.5 Å². The summed E-state index contributed by atoms with van der Waals surface area (Å²) in [5.74, 6) is -0.731. The highest BCUT2D eigenvalue weighted by Gasteiger charge is 2.26. The van der Waals surface area contributed by atoms with Crippen LogP contribution in [0.3, 0.4) is 0 Å². The van der Waals surface area contributed by atoms with Crippen LogP contribution in [-0.4, -0.2) is 51.8 Å². The van der Waals surface area contributed by atoms with Crippen LogP contribution in [0.1, 0.15) is 21.6 Å². The molecular formula is C23H22FN5OS. The first kappa shape index (κ1) is 19.7. The summed E-state index contributed by atoms with van der Waals surface area (Å²) >= 11 is 1.63. The summed E-state index contributed by atoms with van der Waals surface area (Å²) in [4.78, 5) is 21.5. The van der Waals surface area contributed by atoms with Crippen molar-refractivity contribution in [2.75, 3.05) is 31.1 Å². The van der Waals surface area contributed by atoms with Crippen molar-refractivity contribution >= 4 is 32.7 Å². The number of nitrogens with zero attached hydrogens (tertiary/aromatic N) is 5. The number of hydrogen-bond donors (Lipinski definition) is 0. The molecule has 31 heavy (non-hydrogen) atoms. The van der Waals surface area contributed by atoms with E-state index < -0.39 is 5.82 Å². The van der Waals surface area contributed by atoms with Crippen molar-refractivity contribution in [1.82, 2.24) is 19.7 Å². The first-order valence-corrected chi connectivity index (χ1v) is 11.0. The van der Waals surface area contributed by atoms with Gasteiger partial charge in [0.2, 0.25) is 0 Å². The van der Waals surface area contributed by atoms with Crippen LogP contribution >= 0.6 is 11.3 Å². The lowest BCUT2D eigenvalue weighted by molar-refractivity contribution is 0.0742. The number of amides is 1. The fourth-order valence-corrected chi connectivity index (χ4v) is 4.87. The van der Waals surface area contributed by atoms with Gasteiger partial charge in [0.15, 0.2) is 10.8 Å². The number of rotatable bonds is 3. The number of piperazine rings is 1. The molecule has 0 N–H and O–H groups in total. The topological polar surface area (TPSA) is 54.3 Å². The molecule has 1 aliphatic rings. The fraction of sp³-hybridized carbons (Fsp3) is 0.261. The second-order valence-corrected chi connectivity index (χ2v) is 8.72. The molecule has 0 atom stereocenters. The van der Waals surface area contributed by atoms with E-state index in [0.717, 1.165) is 26.9 Å². The van der Waals surface area contributed by atoms with Gasteiger partial charge in [-0.05, 0) is 38.1 Å². The molecule has 0 bridgehead atoms. The molecule has 6 nitrogen and oxygen atoms in total. The van der Waals surface area contributed by atoms with E-state index in [2.05, 4.69) is 29.1 Å². The Labute approximate surface area is 183 Å². The molecule has 3 heterocycles. The van der Waals surface area contributed by atoms with Crippen molar-refractivity contribution in [3.8, 4) is 5.69 Å². The third kappa shape index (κ3) is 3.57. The molecule has 1 fully saturated rings. The monoisotopic (exact) mass is 435 g/mol. The molecule has 1 amide bonds. The number of fused-ring (bicyclic) bond motifs is 1. The second kappa shape index (κ2) is 7.77. The van der Waals surface area contributed by atoms with Gasteiger partial charge in [-0.1, -0.05) is 41.2 Å². The highest BCUT2D eigenvalue weighted by atomic mass is 32.1. The lowest BCUT2D eigenvalue weighted by Crippen LogP contribution is -2.49. The molecule has 8 heteroatoms. The van der Waals surface area contributed by atoms with E-state index >= 15 is 0 Å². The summed E-state index contributed by atoms with van der Waals surface area (Å²) in [6.45, 7) is 6.45. The van der Waals surface area contributed by atoms with Gasteiger partial charge in [-0.25, -0.2) is 9.07 Å². The molecular weight excluding hydrogens is 413 g/mol. The zero-order valence-corrected chi connectivity index (χ0v) is 18.2. The van der Waals surface area contributed by atoms with Gasteiger partial charge < -0.3 is 9.80 Å². The summed E-state index contributed by atoms with van der Waals surface area (Å²) in [6.07, 6.45) is 0. The van der Waals surface area contributed by atoms with Crippen LogP contribution in [0.4, 0.5) is 9.52 Å². The van der Waals surface area contributed by atoms with E-state index in [-0.39, 0.29) is 11.5 Å². The number of carbonyl (C=O) groups is 1. The quantitative estimate of drug-likeness (QED) is 0.484. The Morgan fingerprint density at radius 3 is 2.42 bits per heavy atom. The molecule has 0 unspecified atom stereocenters. The maximum atomic E-state index is 14.0. The predicted octanol–water partition coefficient (Wildman–Crippen LogP) is 4.20. The summed E-state index contributed by atoms with van der Waals surface area (Å²) in [6, 6.07) is 14.4. The van der Waals surface area contributed by atoms with Gasteiger partial charge in [-0.15, -0.1) is 0 Å². The maximum Gasteiger partial charge on any atom is 0.256 e. The van der Waals surface area contributed by atoms with Gasteiger partial charge in [-0.2, -0.15) is 10.1 Å². The van der Waals surface area contributed by atoms with E-state index in [0.29, 0.717) is 26.2 Å². The number of anilines is 1. The zero-order chi connectivity index (χ0) is 21.5. The Bertz CT molecular complexity index is 1250. The van der Waals surface area contributed by atoms with Crippen molar-refractivity contribution in [2.24, 2.45) is 0 Å². The van der Waals surface area contributed by atoms with Crippen molar-refractivity contribution in [2.45, 2.75) is 13.8 Å². The smallest absolute Gasteiger partial charge is 0.256 e. The lowest BCUT2D eigenvalue weighted by Gasteiger charge is -2.34. The molecule has 1 aliphatic heterocycles. The minimum atomic E-state index is -0.475. The van der Waals surface area contributed by atoms with E-state index in [9.17, 15) is 9.18 Å². The van der Waals surface area contributed by atoms with Gasteiger partial charge >= 0.3 is 0 Å². The molecule has 0 saturated carbocycles. The largest absolute Gasteiger partial charge is 0.344 e. The summed E-state index contributed by atoms with van der Waals surface area (Å²) in [7, 11) is 0. The fourth-order valence-electron chi connectivity index (χ4n) is 3.83. The molecule has 0 spiro atoms. The molecule has 0 aliphatic carbocycles. The molecule has 5 rings (SSSR count).